The Morgan fingerprint density at radius 1 is 1.25 bits per heavy atom. The van der Waals surface area contributed by atoms with Crippen molar-refractivity contribution >= 4 is 29.1 Å². The normalized spacial score (nSPS) is 13.8. The van der Waals surface area contributed by atoms with Gasteiger partial charge in [0.2, 0.25) is 5.95 Å². The van der Waals surface area contributed by atoms with Crippen LogP contribution in [0.5, 0.6) is 5.75 Å². The van der Waals surface area contributed by atoms with Gasteiger partial charge in [-0.05, 0) is 40.9 Å². The van der Waals surface area contributed by atoms with Crippen molar-refractivity contribution in [2.45, 2.75) is 32.3 Å². The minimum absolute atomic E-state index is 0.0463. The molecule has 196 valence electrons. The zero-order valence-corrected chi connectivity index (χ0v) is 21.9. The largest absolute Gasteiger partial charge is 0.494 e. The number of nitrogens with zero attached hydrogens (tertiary/aromatic N) is 6. The van der Waals surface area contributed by atoms with Crippen molar-refractivity contribution in [1.82, 2.24) is 19.8 Å². The summed E-state index contributed by atoms with van der Waals surface area (Å²) >= 11 is 0. The highest BCUT2D eigenvalue weighted by molar-refractivity contribution is 5.76. The average molecular weight is 502 g/mol. The van der Waals surface area contributed by atoms with Gasteiger partial charge in [0.25, 0.3) is 5.69 Å². The van der Waals surface area contributed by atoms with Crippen molar-refractivity contribution in [2.24, 2.45) is 0 Å². The maximum atomic E-state index is 12.2. The molecule has 1 aliphatic heterocycles. The molecule has 0 saturated carbocycles. The molecule has 12 nitrogen and oxygen atoms in total. The third kappa shape index (κ3) is 6.72. The maximum absolute atomic E-state index is 12.2. The summed E-state index contributed by atoms with van der Waals surface area (Å²) in [7, 11) is 7.21. The number of hydrogen-bond donors (Lipinski definition) is 1. The number of amides is 1. The van der Waals surface area contributed by atoms with Gasteiger partial charge in [-0.2, -0.15) is 0 Å². The van der Waals surface area contributed by atoms with E-state index in [1.54, 1.807) is 23.2 Å². The summed E-state index contributed by atoms with van der Waals surface area (Å²) in [5, 5.41) is 14.9. The van der Waals surface area contributed by atoms with Gasteiger partial charge in [-0.1, -0.05) is 0 Å². The van der Waals surface area contributed by atoms with Gasteiger partial charge in [-0.25, -0.2) is 14.8 Å². The highest BCUT2D eigenvalue weighted by Gasteiger charge is 2.35. The Morgan fingerprint density at radius 3 is 2.53 bits per heavy atom. The predicted molar refractivity (Wildman–Crippen MR) is 137 cm³/mol. The Morgan fingerprint density at radius 2 is 1.94 bits per heavy atom. The first-order valence-corrected chi connectivity index (χ1v) is 11.7. The molecule has 1 amide bonds. The fourth-order valence-corrected chi connectivity index (χ4v) is 3.67. The summed E-state index contributed by atoms with van der Waals surface area (Å²) in [6.45, 7) is 7.83. The molecule has 2 heterocycles. The van der Waals surface area contributed by atoms with E-state index in [0.717, 1.165) is 12.2 Å². The molecule has 0 aliphatic carbocycles. The number of methoxy groups -OCH3 is 1. The Bertz CT molecular complexity index is 1100. The van der Waals surface area contributed by atoms with E-state index >= 15 is 0 Å². The lowest BCUT2D eigenvalue weighted by atomic mass is 9.97. The summed E-state index contributed by atoms with van der Waals surface area (Å²) in [5.74, 6) is 0.760. The summed E-state index contributed by atoms with van der Waals surface area (Å²) in [4.78, 5) is 38.0. The molecule has 0 bridgehead atoms. The number of benzene rings is 1. The van der Waals surface area contributed by atoms with Gasteiger partial charge < -0.3 is 29.5 Å². The first-order valence-electron chi connectivity index (χ1n) is 11.7. The fourth-order valence-electron chi connectivity index (χ4n) is 3.67. The first kappa shape index (κ1) is 26.9. The van der Waals surface area contributed by atoms with Crippen molar-refractivity contribution < 1.29 is 19.2 Å². The van der Waals surface area contributed by atoms with E-state index in [-0.39, 0.29) is 23.6 Å². The van der Waals surface area contributed by atoms with Crippen molar-refractivity contribution in [3.63, 3.8) is 0 Å². The van der Waals surface area contributed by atoms with Gasteiger partial charge in [0.1, 0.15) is 17.0 Å². The molecule has 0 spiro atoms. The number of ether oxygens (including phenoxy) is 2. The Labute approximate surface area is 211 Å². The fraction of sp³-hybridized carbons (Fsp3) is 0.542. The first-order chi connectivity index (χ1) is 16.9. The highest BCUT2D eigenvalue weighted by atomic mass is 16.6. The third-order valence-corrected chi connectivity index (χ3v) is 5.66. The molecule has 1 saturated heterocycles. The molecule has 1 N–H and O–H groups in total. The molecule has 1 aromatic carbocycles. The van der Waals surface area contributed by atoms with Gasteiger partial charge in [0.15, 0.2) is 0 Å². The lowest BCUT2D eigenvalue weighted by Gasteiger charge is -2.39. The molecular formula is C24H35N7O5. The van der Waals surface area contributed by atoms with Crippen molar-refractivity contribution in [3.05, 3.63) is 40.2 Å². The van der Waals surface area contributed by atoms with E-state index in [0.29, 0.717) is 36.8 Å². The summed E-state index contributed by atoms with van der Waals surface area (Å²) in [5.41, 5.74) is 1.00. The number of carbonyl (C=O) groups is 1. The Kier molecular flexibility index (Phi) is 8.18. The van der Waals surface area contributed by atoms with Crippen molar-refractivity contribution in [2.75, 3.05) is 64.6 Å². The maximum Gasteiger partial charge on any atom is 0.410 e. The Balaban J connectivity index is 1.77. The topological polar surface area (TPSA) is 126 Å². The van der Waals surface area contributed by atoms with E-state index in [2.05, 4.69) is 15.3 Å². The predicted octanol–water partition coefficient (Wildman–Crippen LogP) is 3.47. The third-order valence-electron chi connectivity index (χ3n) is 5.66. The number of nitro benzene ring substituents is 1. The SMILES string of the molecule is COc1cc(N(C)CCN(C)C)c([N+](=O)[O-])cc1Nc1nccc(C2CN(C(=O)OC(C)(C)C)C2)n1. The lowest BCUT2D eigenvalue weighted by molar-refractivity contribution is -0.384. The number of anilines is 3. The molecule has 0 unspecified atom stereocenters. The molecule has 0 radical (unpaired) electrons. The standard InChI is InChI=1S/C24H35N7O5/c1-24(2,3)36-23(32)30-14-16(15-30)17-8-9-25-22(26-17)27-18-12-20(31(33)34)19(13-21(18)35-7)29(6)11-10-28(4)5/h8-9,12-13,16H,10-11,14-15H2,1-7H3,(H,25,26,27). The summed E-state index contributed by atoms with van der Waals surface area (Å²) < 4.78 is 10.9. The molecule has 12 heteroatoms. The highest BCUT2D eigenvalue weighted by Crippen LogP contribution is 2.39. The number of rotatable bonds is 9. The minimum Gasteiger partial charge on any atom is -0.494 e. The van der Waals surface area contributed by atoms with E-state index in [4.69, 9.17) is 9.47 Å². The van der Waals surface area contributed by atoms with Crippen LogP contribution in [-0.4, -0.2) is 90.8 Å². The number of carbonyl (C=O) groups excluding carboxylic acids is 1. The second-order valence-corrected chi connectivity index (χ2v) is 10.0. The van der Waals surface area contributed by atoms with E-state index in [1.807, 2.05) is 51.7 Å². The van der Waals surface area contributed by atoms with Crippen LogP contribution in [-0.2, 0) is 4.74 Å². The van der Waals surface area contributed by atoms with Gasteiger partial charge in [-0.15, -0.1) is 0 Å². The molecule has 2 aromatic rings. The van der Waals surface area contributed by atoms with Crippen LogP contribution < -0.4 is 15.0 Å². The number of hydrogen-bond acceptors (Lipinski definition) is 10. The van der Waals surface area contributed by atoms with Gasteiger partial charge in [-0.3, -0.25) is 10.1 Å². The number of likely N-dealkylation sites (tertiary alicyclic amines) is 1. The number of likely N-dealkylation sites (N-methyl/N-ethyl adjacent to an activating group) is 2. The molecule has 0 atom stereocenters. The molecule has 1 aromatic heterocycles. The molecular weight excluding hydrogens is 466 g/mol. The quantitative estimate of drug-likeness (QED) is 0.403. The van der Waals surface area contributed by atoms with Crippen molar-refractivity contribution in [3.8, 4) is 5.75 Å². The molecule has 3 rings (SSSR count). The smallest absolute Gasteiger partial charge is 0.410 e. The molecule has 1 aliphatic rings. The van der Waals surface area contributed by atoms with Gasteiger partial charge >= 0.3 is 6.09 Å². The van der Waals surface area contributed by atoms with Crippen LogP contribution in [0.1, 0.15) is 32.4 Å². The number of aromatic nitrogens is 2. The number of nitro groups is 1. The zero-order chi connectivity index (χ0) is 26.6. The van der Waals surface area contributed by atoms with E-state index < -0.39 is 10.5 Å². The molecule has 1 fully saturated rings. The number of nitrogens with one attached hydrogen (secondary N) is 1. The zero-order valence-electron chi connectivity index (χ0n) is 21.9. The van der Waals surface area contributed by atoms with Crippen LogP contribution in [0.4, 0.5) is 27.8 Å². The van der Waals surface area contributed by atoms with Crippen LogP contribution in [0.25, 0.3) is 0 Å². The average Bonchev–Trinajstić information content (AvgIpc) is 2.75. The monoisotopic (exact) mass is 501 g/mol. The lowest BCUT2D eigenvalue weighted by Crippen LogP contribution is -2.50. The second-order valence-electron chi connectivity index (χ2n) is 10.0. The van der Waals surface area contributed by atoms with Crippen LogP contribution in [0.15, 0.2) is 24.4 Å². The van der Waals surface area contributed by atoms with Crippen molar-refractivity contribution in [1.29, 1.82) is 0 Å². The van der Waals surface area contributed by atoms with Gasteiger partial charge in [0.05, 0.1) is 23.4 Å². The van der Waals surface area contributed by atoms with E-state index in [9.17, 15) is 14.9 Å². The van der Waals surface area contributed by atoms with Crippen LogP contribution in [0, 0.1) is 10.1 Å². The minimum atomic E-state index is -0.549. The second kappa shape index (κ2) is 10.9. The van der Waals surface area contributed by atoms with Gasteiger partial charge in [0, 0.05) is 57.5 Å². The Hall–Kier alpha value is -3.67. The van der Waals surface area contributed by atoms with Crippen LogP contribution in [0.3, 0.4) is 0 Å². The summed E-state index contributed by atoms with van der Waals surface area (Å²) in [6, 6.07) is 4.87. The summed E-state index contributed by atoms with van der Waals surface area (Å²) in [6.07, 6.45) is 1.27. The van der Waals surface area contributed by atoms with Crippen LogP contribution >= 0.6 is 0 Å². The molecule has 36 heavy (non-hydrogen) atoms. The van der Waals surface area contributed by atoms with Crippen LogP contribution in [0.2, 0.25) is 0 Å². The van der Waals surface area contributed by atoms with E-state index in [1.165, 1.54) is 13.2 Å².